The normalized spacial score (nSPS) is 10.4. The summed E-state index contributed by atoms with van der Waals surface area (Å²) in [4.78, 5) is 17.2. The van der Waals surface area contributed by atoms with Crippen LogP contribution in [0.2, 0.25) is 0 Å². The molecule has 0 aliphatic heterocycles. The van der Waals surface area contributed by atoms with Gasteiger partial charge in [0.1, 0.15) is 5.03 Å². The molecule has 5 heteroatoms. The van der Waals surface area contributed by atoms with E-state index in [9.17, 15) is 4.79 Å². The zero-order valence-corrected chi connectivity index (χ0v) is 13.2. The summed E-state index contributed by atoms with van der Waals surface area (Å²) >= 11 is 1.46. The average Bonchev–Trinajstić information content (AvgIpc) is 2.45. The van der Waals surface area contributed by atoms with E-state index in [1.54, 1.807) is 19.2 Å². The van der Waals surface area contributed by atoms with Gasteiger partial charge >= 0.3 is 5.97 Å². The van der Waals surface area contributed by atoms with Crippen LogP contribution in [-0.2, 0) is 4.74 Å². The molecule has 0 bridgehead atoms. The van der Waals surface area contributed by atoms with Crippen LogP contribution in [0.5, 0.6) is 0 Å². The summed E-state index contributed by atoms with van der Waals surface area (Å²) in [6, 6.07) is 7.78. The summed E-state index contributed by atoms with van der Waals surface area (Å²) in [7, 11) is 0. The maximum atomic E-state index is 11.9. The Kier molecular flexibility index (Phi) is 4.85. The lowest BCUT2D eigenvalue weighted by Crippen LogP contribution is -2.09. The summed E-state index contributed by atoms with van der Waals surface area (Å²) in [6.45, 7) is 6.16. The van der Waals surface area contributed by atoms with Crippen molar-refractivity contribution in [1.29, 1.82) is 0 Å². The highest BCUT2D eigenvalue weighted by Crippen LogP contribution is 2.34. The molecular formula is C16H18N2O2S. The molecule has 0 atom stereocenters. The SMILES string of the molecule is CCOC(=O)c1ccnc(Sc2cc(C)ccc2C)c1N. The Hall–Kier alpha value is -2.01. The van der Waals surface area contributed by atoms with E-state index in [4.69, 9.17) is 10.5 Å². The number of anilines is 1. The number of aromatic nitrogens is 1. The summed E-state index contributed by atoms with van der Waals surface area (Å²) < 4.78 is 5.00. The molecule has 2 rings (SSSR count). The van der Waals surface area contributed by atoms with E-state index in [0.717, 1.165) is 10.5 Å². The fourth-order valence-corrected chi connectivity index (χ4v) is 2.86. The number of hydrogen-bond donors (Lipinski definition) is 1. The fourth-order valence-electron chi connectivity index (χ4n) is 1.84. The Labute approximate surface area is 128 Å². The number of benzene rings is 1. The number of nitrogens with zero attached hydrogens (tertiary/aromatic N) is 1. The Morgan fingerprint density at radius 2 is 2.10 bits per heavy atom. The van der Waals surface area contributed by atoms with Gasteiger partial charge in [-0.2, -0.15) is 0 Å². The third-order valence-corrected chi connectivity index (χ3v) is 4.18. The van der Waals surface area contributed by atoms with Crippen LogP contribution >= 0.6 is 11.8 Å². The van der Waals surface area contributed by atoms with Crippen molar-refractivity contribution in [2.75, 3.05) is 12.3 Å². The Morgan fingerprint density at radius 3 is 2.81 bits per heavy atom. The van der Waals surface area contributed by atoms with Gasteiger partial charge in [0.15, 0.2) is 0 Å². The monoisotopic (exact) mass is 302 g/mol. The molecule has 4 nitrogen and oxygen atoms in total. The second kappa shape index (κ2) is 6.63. The van der Waals surface area contributed by atoms with E-state index in [1.165, 1.54) is 17.3 Å². The fraction of sp³-hybridized carbons (Fsp3) is 0.250. The van der Waals surface area contributed by atoms with Crippen LogP contribution in [0.1, 0.15) is 28.4 Å². The van der Waals surface area contributed by atoms with Crippen molar-refractivity contribution in [3.05, 3.63) is 47.2 Å². The third kappa shape index (κ3) is 3.55. The van der Waals surface area contributed by atoms with Gasteiger partial charge in [-0.05, 0) is 44.0 Å². The second-order valence-electron chi connectivity index (χ2n) is 4.67. The molecule has 2 N–H and O–H groups in total. The van der Waals surface area contributed by atoms with Crippen LogP contribution in [0, 0.1) is 13.8 Å². The van der Waals surface area contributed by atoms with Crippen LogP contribution < -0.4 is 5.73 Å². The number of carbonyl (C=O) groups excluding carboxylic acids is 1. The number of rotatable bonds is 4. The first-order valence-corrected chi connectivity index (χ1v) is 7.51. The van der Waals surface area contributed by atoms with Crippen molar-refractivity contribution in [3.63, 3.8) is 0 Å². The summed E-state index contributed by atoms with van der Waals surface area (Å²) in [6.07, 6.45) is 1.58. The van der Waals surface area contributed by atoms with E-state index in [-0.39, 0.29) is 0 Å². The molecule has 0 saturated carbocycles. The second-order valence-corrected chi connectivity index (χ2v) is 5.70. The highest BCUT2D eigenvalue weighted by atomic mass is 32.2. The number of hydrogen-bond acceptors (Lipinski definition) is 5. The first-order valence-electron chi connectivity index (χ1n) is 6.69. The lowest BCUT2D eigenvalue weighted by atomic mass is 10.2. The maximum absolute atomic E-state index is 11.9. The van der Waals surface area contributed by atoms with Crippen molar-refractivity contribution in [2.24, 2.45) is 0 Å². The zero-order valence-electron chi connectivity index (χ0n) is 12.3. The largest absolute Gasteiger partial charge is 0.462 e. The van der Waals surface area contributed by atoms with Crippen molar-refractivity contribution < 1.29 is 9.53 Å². The molecule has 0 unspecified atom stereocenters. The molecule has 1 aromatic carbocycles. The molecule has 0 aliphatic carbocycles. The van der Waals surface area contributed by atoms with Crippen LogP contribution in [0.4, 0.5) is 5.69 Å². The molecule has 2 aromatic rings. The van der Waals surface area contributed by atoms with Crippen LogP contribution in [0.3, 0.4) is 0 Å². The molecule has 0 fully saturated rings. The molecule has 21 heavy (non-hydrogen) atoms. The van der Waals surface area contributed by atoms with Gasteiger partial charge in [-0.15, -0.1) is 0 Å². The molecule has 0 amide bonds. The van der Waals surface area contributed by atoms with Crippen molar-refractivity contribution in [2.45, 2.75) is 30.7 Å². The van der Waals surface area contributed by atoms with Gasteiger partial charge in [0.2, 0.25) is 0 Å². The standard InChI is InChI=1S/C16H18N2O2S/c1-4-20-16(19)12-7-8-18-15(14(12)17)21-13-9-10(2)5-6-11(13)3/h5-9H,4,17H2,1-3H3. The highest BCUT2D eigenvalue weighted by Gasteiger charge is 2.15. The highest BCUT2D eigenvalue weighted by molar-refractivity contribution is 7.99. The maximum Gasteiger partial charge on any atom is 0.340 e. The summed E-state index contributed by atoms with van der Waals surface area (Å²) in [5.41, 5.74) is 9.11. The summed E-state index contributed by atoms with van der Waals surface area (Å²) in [5.74, 6) is -0.416. The first-order chi connectivity index (χ1) is 10.0. The molecule has 0 radical (unpaired) electrons. The number of carbonyl (C=O) groups is 1. The number of nitrogens with two attached hydrogens (primary N) is 1. The van der Waals surface area contributed by atoms with Crippen molar-refractivity contribution in [1.82, 2.24) is 4.98 Å². The van der Waals surface area contributed by atoms with E-state index in [0.29, 0.717) is 22.9 Å². The smallest absolute Gasteiger partial charge is 0.340 e. The van der Waals surface area contributed by atoms with Gasteiger partial charge in [0.25, 0.3) is 0 Å². The molecule has 0 spiro atoms. The number of pyridine rings is 1. The minimum atomic E-state index is -0.416. The molecule has 110 valence electrons. The van der Waals surface area contributed by atoms with E-state index in [2.05, 4.69) is 23.2 Å². The number of aryl methyl sites for hydroxylation is 2. The van der Waals surface area contributed by atoms with Gasteiger partial charge < -0.3 is 10.5 Å². The average molecular weight is 302 g/mol. The molecule has 1 heterocycles. The Balaban J connectivity index is 2.35. The van der Waals surface area contributed by atoms with E-state index < -0.39 is 5.97 Å². The minimum Gasteiger partial charge on any atom is -0.462 e. The molecule has 0 saturated heterocycles. The summed E-state index contributed by atoms with van der Waals surface area (Å²) in [5, 5.41) is 0.620. The lowest BCUT2D eigenvalue weighted by Gasteiger charge is -2.10. The Bertz CT molecular complexity index is 671. The van der Waals surface area contributed by atoms with Crippen LogP contribution in [-0.4, -0.2) is 17.6 Å². The topological polar surface area (TPSA) is 65.2 Å². The third-order valence-electron chi connectivity index (χ3n) is 3.00. The van der Waals surface area contributed by atoms with E-state index >= 15 is 0 Å². The molecule has 1 aromatic heterocycles. The molecule has 0 aliphatic rings. The first kappa shape index (κ1) is 15.4. The van der Waals surface area contributed by atoms with E-state index in [1.807, 2.05) is 13.8 Å². The number of ether oxygens (including phenoxy) is 1. The van der Waals surface area contributed by atoms with Gasteiger partial charge in [0, 0.05) is 11.1 Å². The van der Waals surface area contributed by atoms with Crippen molar-refractivity contribution >= 4 is 23.4 Å². The number of esters is 1. The number of nitrogen functional groups attached to an aromatic ring is 1. The minimum absolute atomic E-state index is 0.320. The van der Waals surface area contributed by atoms with Gasteiger partial charge in [0.05, 0.1) is 17.9 Å². The Morgan fingerprint density at radius 1 is 1.33 bits per heavy atom. The van der Waals surface area contributed by atoms with Gasteiger partial charge in [-0.3, -0.25) is 0 Å². The zero-order chi connectivity index (χ0) is 15.4. The lowest BCUT2D eigenvalue weighted by molar-refractivity contribution is 0.0527. The molecular weight excluding hydrogens is 284 g/mol. The predicted octanol–water partition coefficient (Wildman–Crippen LogP) is 3.61. The predicted molar refractivity (Wildman–Crippen MR) is 84.6 cm³/mol. The van der Waals surface area contributed by atoms with Crippen LogP contribution in [0.15, 0.2) is 40.4 Å². The van der Waals surface area contributed by atoms with Crippen molar-refractivity contribution in [3.8, 4) is 0 Å². The van der Waals surface area contributed by atoms with Gasteiger partial charge in [-0.25, -0.2) is 9.78 Å². The van der Waals surface area contributed by atoms with Crippen LogP contribution in [0.25, 0.3) is 0 Å². The quantitative estimate of drug-likeness (QED) is 0.874. The van der Waals surface area contributed by atoms with Gasteiger partial charge in [-0.1, -0.05) is 23.9 Å².